The topological polar surface area (TPSA) is 15.3 Å². The highest BCUT2D eigenvalue weighted by atomic mass is 15.1. The predicted molar refractivity (Wildman–Crippen MR) is 67.3 cm³/mol. The summed E-state index contributed by atoms with van der Waals surface area (Å²) < 4.78 is 0. The zero-order chi connectivity index (χ0) is 11.1. The van der Waals surface area contributed by atoms with Crippen LogP contribution in [-0.4, -0.2) is 37.6 Å². The van der Waals surface area contributed by atoms with Gasteiger partial charge in [-0.3, -0.25) is 0 Å². The van der Waals surface area contributed by atoms with Crippen molar-refractivity contribution in [2.75, 3.05) is 20.6 Å². The Hall–Kier alpha value is -0.0800. The SMILES string of the molecule is CC(CCN(C)C)NC1CCCCCC1. The lowest BCUT2D eigenvalue weighted by molar-refractivity contribution is 0.337. The monoisotopic (exact) mass is 212 g/mol. The van der Waals surface area contributed by atoms with Gasteiger partial charge in [0.05, 0.1) is 0 Å². The van der Waals surface area contributed by atoms with E-state index in [0.717, 1.165) is 6.04 Å². The van der Waals surface area contributed by atoms with Gasteiger partial charge in [0.2, 0.25) is 0 Å². The van der Waals surface area contributed by atoms with Gasteiger partial charge in [-0.1, -0.05) is 25.7 Å². The summed E-state index contributed by atoms with van der Waals surface area (Å²) in [6.45, 7) is 3.52. The molecule has 0 radical (unpaired) electrons. The van der Waals surface area contributed by atoms with E-state index in [4.69, 9.17) is 0 Å². The van der Waals surface area contributed by atoms with Crippen LogP contribution in [0.3, 0.4) is 0 Å². The smallest absolute Gasteiger partial charge is 0.00695 e. The minimum absolute atomic E-state index is 0.676. The maximum absolute atomic E-state index is 3.79. The zero-order valence-electron chi connectivity index (χ0n) is 10.8. The Morgan fingerprint density at radius 2 is 1.73 bits per heavy atom. The molecule has 2 heteroatoms. The van der Waals surface area contributed by atoms with Crippen molar-refractivity contribution >= 4 is 0 Å². The molecule has 0 aromatic rings. The lowest BCUT2D eigenvalue weighted by Gasteiger charge is -2.23. The molecule has 0 heterocycles. The van der Waals surface area contributed by atoms with Crippen molar-refractivity contribution in [2.45, 2.75) is 64.0 Å². The Morgan fingerprint density at radius 1 is 1.13 bits per heavy atom. The fraction of sp³-hybridized carbons (Fsp3) is 1.00. The van der Waals surface area contributed by atoms with E-state index in [1.54, 1.807) is 0 Å². The highest BCUT2D eigenvalue weighted by Gasteiger charge is 2.14. The molecule has 0 aliphatic heterocycles. The number of nitrogens with one attached hydrogen (secondary N) is 1. The third kappa shape index (κ3) is 6.16. The second-order valence-electron chi connectivity index (χ2n) is 5.35. The molecular weight excluding hydrogens is 184 g/mol. The van der Waals surface area contributed by atoms with E-state index < -0.39 is 0 Å². The molecular formula is C13H28N2. The van der Waals surface area contributed by atoms with Crippen molar-refractivity contribution in [3.05, 3.63) is 0 Å². The van der Waals surface area contributed by atoms with Crippen LogP contribution >= 0.6 is 0 Å². The van der Waals surface area contributed by atoms with Crippen LogP contribution in [0.1, 0.15) is 51.9 Å². The summed E-state index contributed by atoms with van der Waals surface area (Å²) in [5, 5.41) is 3.79. The van der Waals surface area contributed by atoms with Crippen molar-refractivity contribution < 1.29 is 0 Å². The van der Waals surface area contributed by atoms with Gasteiger partial charge in [0.1, 0.15) is 0 Å². The van der Waals surface area contributed by atoms with Crippen LogP contribution in [0.2, 0.25) is 0 Å². The first kappa shape index (κ1) is 13.0. The van der Waals surface area contributed by atoms with Crippen LogP contribution < -0.4 is 5.32 Å². The molecule has 0 bridgehead atoms. The van der Waals surface area contributed by atoms with Crippen LogP contribution in [-0.2, 0) is 0 Å². The molecule has 1 atom stereocenters. The maximum Gasteiger partial charge on any atom is 0.00695 e. The van der Waals surface area contributed by atoms with Crippen molar-refractivity contribution in [1.29, 1.82) is 0 Å². The van der Waals surface area contributed by atoms with E-state index >= 15 is 0 Å². The molecule has 1 aliphatic rings. The van der Waals surface area contributed by atoms with Gasteiger partial charge in [-0.05, 0) is 46.8 Å². The number of rotatable bonds is 5. The summed E-state index contributed by atoms with van der Waals surface area (Å²) in [7, 11) is 4.30. The molecule has 1 saturated carbocycles. The lowest BCUT2D eigenvalue weighted by atomic mass is 10.1. The Labute approximate surface area is 95.4 Å². The van der Waals surface area contributed by atoms with Gasteiger partial charge in [-0.25, -0.2) is 0 Å². The minimum atomic E-state index is 0.676. The number of hydrogen-bond acceptors (Lipinski definition) is 2. The average Bonchev–Trinajstić information content (AvgIpc) is 2.43. The third-order valence-corrected chi connectivity index (χ3v) is 3.38. The molecule has 1 fully saturated rings. The summed E-state index contributed by atoms with van der Waals surface area (Å²) >= 11 is 0. The van der Waals surface area contributed by atoms with Crippen LogP contribution in [0.15, 0.2) is 0 Å². The standard InChI is InChI=1S/C13H28N2/c1-12(10-11-15(2)3)14-13-8-6-4-5-7-9-13/h12-14H,4-11H2,1-3H3. The number of hydrogen-bond donors (Lipinski definition) is 1. The van der Waals surface area contributed by atoms with Crippen LogP contribution in [0.25, 0.3) is 0 Å². The number of nitrogens with zero attached hydrogens (tertiary/aromatic N) is 1. The molecule has 1 rings (SSSR count). The molecule has 15 heavy (non-hydrogen) atoms. The van der Waals surface area contributed by atoms with E-state index in [1.807, 2.05) is 0 Å². The molecule has 1 unspecified atom stereocenters. The second-order valence-corrected chi connectivity index (χ2v) is 5.35. The normalized spacial score (nSPS) is 21.6. The van der Waals surface area contributed by atoms with Gasteiger partial charge in [-0.15, -0.1) is 0 Å². The van der Waals surface area contributed by atoms with E-state index in [1.165, 1.54) is 51.5 Å². The van der Waals surface area contributed by atoms with E-state index in [9.17, 15) is 0 Å². The van der Waals surface area contributed by atoms with Gasteiger partial charge in [-0.2, -0.15) is 0 Å². The summed E-state index contributed by atoms with van der Waals surface area (Å²) in [5.74, 6) is 0. The van der Waals surface area contributed by atoms with Gasteiger partial charge < -0.3 is 10.2 Å². The molecule has 0 saturated heterocycles. The molecule has 0 aromatic carbocycles. The van der Waals surface area contributed by atoms with Crippen LogP contribution in [0.4, 0.5) is 0 Å². The van der Waals surface area contributed by atoms with Gasteiger partial charge >= 0.3 is 0 Å². The highest BCUT2D eigenvalue weighted by Crippen LogP contribution is 2.17. The maximum atomic E-state index is 3.79. The average molecular weight is 212 g/mol. The summed E-state index contributed by atoms with van der Waals surface area (Å²) in [4.78, 5) is 2.27. The minimum Gasteiger partial charge on any atom is -0.311 e. The Morgan fingerprint density at radius 3 is 2.27 bits per heavy atom. The quantitative estimate of drug-likeness (QED) is 0.705. The lowest BCUT2D eigenvalue weighted by Crippen LogP contribution is -2.37. The van der Waals surface area contributed by atoms with Crippen molar-refractivity contribution in [3.63, 3.8) is 0 Å². The van der Waals surface area contributed by atoms with Gasteiger partial charge in [0, 0.05) is 12.1 Å². The second kappa shape index (κ2) is 7.24. The Kier molecular flexibility index (Phi) is 6.26. The van der Waals surface area contributed by atoms with Crippen LogP contribution in [0.5, 0.6) is 0 Å². The summed E-state index contributed by atoms with van der Waals surface area (Å²) in [6.07, 6.45) is 9.81. The molecule has 1 aliphatic carbocycles. The fourth-order valence-electron chi connectivity index (χ4n) is 2.38. The fourth-order valence-corrected chi connectivity index (χ4v) is 2.38. The molecule has 1 N–H and O–H groups in total. The largest absolute Gasteiger partial charge is 0.311 e. The van der Waals surface area contributed by atoms with Gasteiger partial charge in [0.25, 0.3) is 0 Å². The van der Waals surface area contributed by atoms with Crippen LogP contribution in [0, 0.1) is 0 Å². The Bertz CT molecular complexity index is 149. The molecule has 0 aromatic heterocycles. The van der Waals surface area contributed by atoms with Gasteiger partial charge in [0.15, 0.2) is 0 Å². The van der Waals surface area contributed by atoms with E-state index in [2.05, 4.69) is 31.2 Å². The molecule has 2 nitrogen and oxygen atoms in total. The molecule has 0 spiro atoms. The zero-order valence-corrected chi connectivity index (χ0v) is 10.8. The Balaban J connectivity index is 2.14. The van der Waals surface area contributed by atoms with Crippen molar-refractivity contribution in [1.82, 2.24) is 10.2 Å². The molecule has 0 amide bonds. The predicted octanol–water partition coefficient (Wildman–Crippen LogP) is 2.64. The molecule has 90 valence electrons. The highest BCUT2D eigenvalue weighted by molar-refractivity contribution is 4.74. The third-order valence-electron chi connectivity index (χ3n) is 3.38. The van der Waals surface area contributed by atoms with E-state index in [-0.39, 0.29) is 0 Å². The summed E-state index contributed by atoms with van der Waals surface area (Å²) in [6, 6.07) is 1.47. The summed E-state index contributed by atoms with van der Waals surface area (Å²) in [5.41, 5.74) is 0. The first-order chi connectivity index (χ1) is 7.18. The van der Waals surface area contributed by atoms with Crippen molar-refractivity contribution in [3.8, 4) is 0 Å². The van der Waals surface area contributed by atoms with Crippen molar-refractivity contribution in [2.24, 2.45) is 0 Å². The van der Waals surface area contributed by atoms with E-state index in [0.29, 0.717) is 6.04 Å². The first-order valence-electron chi connectivity index (χ1n) is 6.59. The first-order valence-corrected chi connectivity index (χ1v) is 6.59.